The highest BCUT2D eigenvalue weighted by atomic mass is 16.5. The number of rotatable bonds is 6. The predicted molar refractivity (Wildman–Crippen MR) is 131 cm³/mol. The smallest absolute Gasteiger partial charge is 0.407 e. The summed E-state index contributed by atoms with van der Waals surface area (Å²) in [7, 11) is 0. The summed E-state index contributed by atoms with van der Waals surface area (Å²) >= 11 is 0. The third-order valence-electron chi connectivity index (χ3n) is 7.80. The molecule has 3 atom stereocenters. The molecule has 1 saturated heterocycles. The van der Waals surface area contributed by atoms with Crippen molar-refractivity contribution in [1.82, 2.24) is 10.2 Å². The van der Waals surface area contributed by atoms with E-state index >= 15 is 0 Å². The molecule has 7 heteroatoms. The molecule has 1 aliphatic heterocycles. The summed E-state index contributed by atoms with van der Waals surface area (Å²) in [5.74, 6) is -1.26. The van der Waals surface area contributed by atoms with Gasteiger partial charge in [-0.2, -0.15) is 0 Å². The second kappa shape index (κ2) is 10.1. The van der Waals surface area contributed by atoms with E-state index in [1.807, 2.05) is 24.3 Å². The van der Waals surface area contributed by atoms with Crippen LogP contribution in [0.25, 0.3) is 11.1 Å². The van der Waals surface area contributed by atoms with Crippen LogP contribution in [0, 0.1) is 5.92 Å². The molecule has 5 rings (SSSR count). The molecule has 0 radical (unpaired) electrons. The van der Waals surface area contributed by atoms with Gasteiger partial charge in [0.05, 0.1) is 12.3 Å². The van der Waals surface area contributed by atoms with Crippen LogP contribution in [0.1, 0.15) is 62.0 Å². The summed E-state index contributed by atoms with van der Waals surface area (Å²) in [5.41, 5.74) is 4.67. The number of hydrogen-bond acceptors (Lipinski definition) is 4. The molecule has 35 heavy (non-hydrogen) atoms. The minimum atomic E-state index is -0.883. The van der Waals surface area contributed by atoms with Gasteiger partial charge in [-0.3, -0.25) is 9.59 Å². The Morgan fingerprint density at radius 2 is 1.57 bits per heavy atom. The van der Waals surface area contributed by atoms with Crippen molar-refractivity contribution in [2.75, 3.05) is 13.2 Å². The predicted octanol–water partition coefficient (Wildman–Crippen LogP) is 4.55. The zero-order valence-corrected chi connectivity index (χ0v) is 19.8. The monoisotopic (exact) mass is 476 g/mol. The summed E-state index contributed by atoms with van der Waals surface area (Å²) in [5, 5.41) is 12.2. The number of amides is 2. The van der Waals surface area contributed by atoms with Crippen LogP contribution in [0.15, 0.2) is 48.5 Å². The molecule has 3 aliphatic rings. The number of hydrogen-bond donors (Lipinski definition) is 2. The highest BCUT2D eigenvalue weighted by molar-refractivity contribution is 5.82. The van der Waals surface area contributed by atoms with Gasteiger partial charge < -0.3 is 20.1 Å². The normalized spacial score (nSPS) is 23.4. The van der Waals surface area contributed by atoms with Gasteiger partial charge in [0, 0.05) is 24.5 Å². The van der Waals surface area contributed by atoms with Crippen molar-refractivity contribution in [1.29, 1.82) is 0 Å². The highest BCUT2D eigenvalue weighted by Gasteiger charge is 2.39. The van der Waals surface area contributed by atoms with Gasteiger partial charge in [0.15, 0.2) is 0 Å². The lowest BCUT2D eigenvalue weighted by Gasteiger charge is -2.35. The van der Waals surface area contributed by atoms with Gasteiger partial charge in [0.2, 0.25) is 5.91 Å². The molecule has 1 heterocycles. The Labute approximate surface area is 205 Å². The fraction of sp³-hybridized carbons (Fsp3) is 0.464. The molecule has 0 spiro atoms. The van der Waals surface area contributed by atoms with Crippen LogP contribution in [0.2, 0.25) is 0 Å². The molecule has 1 saturated carbocycles. The van der Waals surface area contributed by atoms with Crippen LogP contribution >= 0.6 is 0 Å². The molecule has 2 aliphatic carbocycles. The SMILES string of the molecule is O=C(O)CC1CCCN1C(=O)[C@H]1CCCC[C@H]1NC(=O)OCC1c2ccccc2-c2ccccc21. The molecule has 2 N–H and O–H groups in total. The Hall–Kier alpha value is -3.35. The zero-order chi connectivity index (χ0) is 24.4. The van der Waals surface area contributed by atoms with Gasteiger partial charge in [0.1, 0.15) is 6.61 Å². The number of nitrogens with one attached hydrogen (secondary N) is 1. The van der Waals surface area contributed by atoms with Crippen molar-refractivity contribution in [2.24, 2.45) is 5.92 Å². The van der Waals surface area contributed by atoms with Gasteiger partial charge in [-0.05, 0) is 47.9 Å². The first kappa shape index (κ1) is 23.4. The number of fused-ring (bicyclic) bond motifs is 3. The number of carbonyl (C=O) groups excluding carboxylic acids is 2. The van der Waals surface area contributed by atoms with Crippen LogP contribution < -0.4 is 5.32 Å². The average Bonchev–Trinajstić information content (AvgIpc) is 3.44. The van der Waals surface area contributed by atoms with E-state index in [2.05, 4.69) is 29.6 Å². The molecule has 184 valence electrons. The fourth-order valence-corrected chi connectivity index (χ4v) is 6.14. The standard InChI is InChI=1S/C28H32N2O5/c31-26(32)16-18-8-7-15-30(18)27(33)23-13-5-6-14-25(23)29-28(34)35-17-24-21-11-3-1-9-19(21)20-10-2-4-12-22(20)24/h1-4,9-12,18,23-25H,5-8,13-17H2,(H,29,34)(H,31,32)/t18?,23-,25+/m0/s1. The second-order valence-corrected chi connectivity index (χ2v) is 9.89. The Balaban J connectivity index is 1.23. The fourth-order valence-electron chi connectivity index (χ4n) is 6.14. The average molecular weight is 477 g/mol. The number of aliphatic carboxylic acids is 1. The maximum absolute atomic E-state index is 13.4. The Morgan fingerprint density at radius 3 is 2.26 bits per heavy atom. The van der Waals surface area contributed by atoms with Gasteiger partial charge in [-0.25, -0.2) is 4.79 Å². The lowest BCUT2D eigenvalue weighted by atomic mass is 9.83. The molecular formula is C28H32N2O5. The largest absolute Gasteiger partial charge is 0.481 e. The van der Waals surface area contributed by atoms with Crippen molar-refractivity contribution >= 4 is 18.0 Å². The van der Waals surface area contributed by atoms with Crippen molar-refractivity contribution < 1.29 is 24.2 Å². The highest BCUT2D eigenvalue weighted by Crippen LogP contribution is 2.44. The zero-order valence-electron chi connectivity index (χ0n) is 19.8. The van der Waals surface area contributed by atoms with Crippen LogP contribution in [-0.2, 0) is 14.3 Å². The summed E-state index contributed by atoms with van der Waals surface area (Å²) in [6.07, 6.45) is 4.30. The number of benzene rings is 2. The molecule has 2 fully saturated rings. The first-order valence-electron chi connectivity index (χ1n) is 12.7. The summed E-state index contributed by atoms with van der Waals surface area (Å²) in [4.78, 5) is 39.2. The van der Waals surface area contributed by atoms with E-state index < -0.39 is 12.1 Å². The van der Waals surface area contributed by atoms with Crippen molar-refractivity contribution in [3.05, 3.63) is 59.7 Å². The van der Waals surface area contributed by atoms with E-state index in [-0.39, 0.29) is 42.9 Å². The number of carboxylic acids is 1. The van der Waals surface area contributed by atoms with Crippen LogP contribution in [0.5, 0.6) is 0 Å². The lowest BCUT2D eigenvalue weighted by Crippen LogP contribution is -2.51. The van der Waals surface area contributed by atoms with Gasteiger partial charge in [-0.15, -0.1) is 0 Å². The van der Waals surface area contributed by atoms with Crippen LogP contribution in [0.3, 0.4) is 0 Å². The second-order valence-electron chi connectivity index (χ2n) is 9.89. The number of carboxylic acid groups (broad SMARTS) is 1. The van der Waals surface area contributed by atoms with Gasteiger partial charge >= 0.3 is 12.1 Å². The van der Waals surface area contributed by atoms with E-state index in [4.69, 9.17) is 4.74 Å². The quantitative estimate of drug-likeness (QED) is 0.638. The van der Waals surface area contributed by atoms with Crippen molar-refractivity contribution in [3.63, 3.8) is 0 Å². The van der Waals surface area contributed by atoms with Crippen LogP contribution in [-0.4, -0.2) is 53.2 Å². The van der Waals surface area contributed by atoms with E-state index in [1.54, 1.807) is 4.90 Å². The third-order valence-corrected chi connectivity index (χ3v) is 7.80. The van der Waals surface area contributed by atoms with Crippen LogP contribution in [0.4, 0.5) is 4.79 Å². The summed E-state index contributed by atoms with van der Waals surface area (Å²) in [6.45, 7) is 0.822. The third kappa shape index (κ3) is 4.77. The summed E-state index contributed by atoms with van der Waals surface area (Å²) < 4.78 is 5.72. The molecule has 2 aromatic rings. The van der Waals surface area contributed by atoms with Gasteiger partial charge in [0.25, 0.3) is 0 Å². The van der Waals surface area contributed by atoms with E-state index in [0.717, 1.165) is 43.2 Å². The van der Waals surface area contributed by atoms with Crippen molar-refractivity contribution in [2.45, 2.75) is 62.9 Å². The molecular weight excluding hydrogens is 444 g/mol. The first-order valence-corrected chi connectivity index (χ1v) is 12.7. The van der Waals surface area contributed by atoms with Gasteiger partial charge in [-0.1, -0.05) is 61.4 Å². The van der Waals surface area contributed by atoms with E-state index in [1.165, 1.54) is 11.1 Å². The molecule has 2 amide bonds. The minimum Gasteiger partial charge on any atom is -0.481 e. The number of nitrogens with zero attached hydrogens (tertiary/aromatic N) is 1. The van der Waals surface area contributed by atoms with Crippen molar-refractivity contribution in [3.8, 4) is 11.1 Å². The topological polar surface area (TPSA) is 95.9 Å². The Morgan fingerprint density at radius 1 is 0.914 bits per heavy atom. The Bertz CT molecular complexity index is 1070. The minimum absolute atomic E-state index is 0.0155. The van der Waals surface area contributed by atoms with E-state index in [0.29, 0.717) is 13.0 Å². The lowest BCUT2D eigenvalue weighted by molar-refractivity contribution is -0.142. The summed E-state index contributed by atoms with van der Waals surface area (Å²) in [6, 6.07) is 15.9. The molecule has 0 aromatic heterocycles. The number of alkyl carbamates (subject to hydrolysis) is 1. The molecule has 2 aromatic carbocycles. The van der Waals surface area contributed by atoms with E-state index in [9.17, 15) is 19.5 Å². The molecule has 1 unspecified atom stereocenters. The Kier molecular flexibility index (Phi) is 6.75. The number of ether oxygens (including phenoxy) is 1. The maximum Gasteiger partial charge on any atom is 0.407 e. The molecule has 0 bridgehead atoms. The number of carbonyl (C=O) groups is 3. The maximum atomic E-state index is 13.4. The first-order chi connectivity index (χ1) is 17.0. The molecule has 7 nitrogen and oxygen atoms in total. The number of likely N-dealkylation sites (tertiary alicyclic amines) is 1.